The number of nitrogens with one attached hydrogen (secondary N) is 1. The molecule has 2 aromatic carbocycles. The number of hydrogen-bond acceptors (Lipinski definition) is 3. The number of aryl methyl sites for hydroxylation is 1. The van der Waals surface area contributed by atoms with Crippen LogP contribution in [0.25, 0.3) is 0 Å². The lowest BCUT2D eigenvalue weighted by Gasteiger charge is -2.16. The fourth-order valence-corrected chi connectivity index (χ4v) is 4.79. The van der Waals surface area contributed by atoms with Crippen LogP contribution in [0.4, 0.5) is 0 Å². The zero-order chi connectivity index (χ0) is 21.3. The maximum absolute atomic E-state index is 12.4. The Balaban J connectivity index is 1.12. The number of amides is 1. The van der Waals surface area contributed by atoms with E-state index >= 15 is 0 Å². The third-order valence-corrected chi connectivity index (χ3v) is 6.66. The minimum atomic E-state index is 0.157. The molecule has 31 heavy (non-hydrogen) atoms. The SMILES string of the molecule is O=C(CCc1cccc(OC2CCCC2)c1)NCC1CCN(CCc2ccccc2)C1. The van der Waals surface area contributed by atoms with Gasteiger partial charge in [-0.3, -0.25) is 4.79 Å². The molecule has 4 nitrogen and oxygen atoms in total. The lowest BCUT2D eigenvalue weighted by molar-refractivity contribution is -0.121. The average molecular weight is 421 g/mol. The maximum Gasteiger partial charge on any atom is 0.220 e. The summed E-state index contributed by atoms with van der Waals surface area (Å²) in [7, 11) is 0. The van der Waals surface area contributed by atoms with Crippen molar-refractivity contribution < 1.29 is 9.53 Å². The van der Waals surface area contributed by atoms with Crippen LogP contribution in [0.3, 0.4) is 0 Å². The largest absolute Gasteiger partial charge is 0.490 e. The molecule has 1 amide bonds. The summed E-state index contributed by atoms with van der Waals surface area (Å²) in [5.41, 5.74) is 2.58. The highest BCUT2D eigenvalue weighted by Crippen LogP contribution is 2.25. The van der Waals surface area contributed by atoms with E-state index in [0.29, 0.717) is 18.4 Å². The first-order valence-electron chi connectivity index (χ1n) is 12.0. The molecule has 2 aromatic rings. The van der Waals surface area contributed by atoms with E-state index in [1.165, 1.54) is 30.4 Å². The number of nitrogens with zero attached hydrogens (tertiary/aromatic N) is 1. The molecule has 4 rings (SSSR count). The Morgan fingerprint density at radius 2 is 1.77 bits per heavy atom. The van der Waals surface area contributed by atoms with Crippen LogP contribution in [-0.4, -0.2) is 43.1 Å². The molecule has 1 aliphatic heterocycles. The number of ether oxygens (including phenoxy) is 1. The molecule has 166 valence electrons. The minimum Gasteiger partial charge on any atom is -0.490 e. The summed E-state index contributed by atoms with van der Waals surface area (Å²) in [4.78, 5) is 14.9. The number of benzene rings is 2. The van der Waals surface area contributed by atoms with E-state index in [1.807, 2.05) is 12.1 Å². The van der Waals surface area contributed by atoms with E-state index in [0.717, 1.165) is 57.6 Å². The minimum absolute atomic E-state index is 0.157. The lowest BCUT2D eigenvalue weighted by Crippen LogP contribution is -2.31. The van der Waals surface area contributed by atoms with Crippen molar-refractivity contribution in [3.63, 3.8) is 0 Å². The van der Waals surface area contributed by atoms with Crippen molar-refractivity contribution in [2.24, 2.45) is 5.92 Å². The Morgan fingerprint density at radius 3 is 2.61 bits per heavy atom. The number of carbonyl (C=O) groups excluding carboxylic acids is 1. The van der Waals surface area contributed by atoms with Gasteiger partial charge < -0.3 is 15.0 Å². The standard InChI is InChI=1S/C27H36N2O2/c30-27(14-13-23-9-6-12-26(19-23)31-25-10-4-5-11-25)28-20-24-16-18-29(21-24)17-15-22-7-2-1-3-8-22/h1-3,6-9,12,19,24-25H,4-5,10-11,13-18,20-21H2,(H,28,30). The first kappa shape index (κ1) is 21.9. The molecule has 1 N–H and O–H groups in total. The number of carbonyl (C=O) groups is 1. The van der Waals surface area contributed by atoms with E-state index in [9.17, 15) is 4.79 Å². The third kappa shape index (κ3) is 7.10. The van der Waals surface area contributed by atoms with E-state index < -0.39 is 0 Å². The Bertz CT molecular complexity index is 817. The Labute approximate surface area is 187 Å². The van der Waals surface area contributed by atoms with Crippen molar-refractivity contribution in [1.82, 2.24) is 10.2 Å². The Kier molecular flexibility index (Phi) is 8.00. The van der Waals surface area contributed by atoms with Crippen molar-refractivity contribution in [2.45, 2.75) is 57.5 Å². The number of hydrogen-bond donors (Lipinski definition) is 1. The number of likely N-dealkylation sites (tertiary alicyclic amines) is 1. The molecule has 1 saturated carbocycles. The predicted octanol–water partition coefficient (Wildman–Crippen LogP) is 4.62. The average Bonchev–Trinajstić information content (AvgIpc) is 3.48. The second-order valence-electron chi connectivity index (χ2n) is 9.17. The van der Waals surface area contributed by atoms with E-state index in [-0.39, 0.29) is 5.91 Å². The molecule has 1 heterocycles. The van der Waals surface area contributed by atoms with Gasteiger partial charge in [0.25, 0.3) is 0 Å². The smallest absolute Gasteiger partial charge is 0.220 e. The molecule has 1 saturated heterocycles. The van der Waals surface area contributed by atoms with E-state index in [2.05, 4.69) is 52.7 Å². The van der Waals surface area contributed by atoms with E-state index in [4.69, 9.17) is 4.74 Å². The lowest BCUT2D eigenvalue weighted by atomic mass is 10.1. The molecule has 1 aliphatic carbocycles. The summed E-state index contributed by atoms with van der Waals surface area (Å²) in [5.74, 6) is 1.68. The highest BCUT2D eigenvalue weighted by molar-refractivity contribution is 5.76. The molecule has 4 heteroatoms. The van der Waals surface area contributed by atoms with Gasteiger partial charge >= 0.3 is 0 Å². The molecule has 0 spiro atoms. The Hall–Kier alpha value is -2.33. The van der Waals surface area contributed by atoms with Crippen LogP contribution in [0, 0.1) is 5.92 Å². The maximum atomic E-state index is 12.4. The van der Waals surface area contributed by atoms with Gasteiger partial charge in [0.15, 0.2) is 0 Å². The van der Waals surface area contributed by atoms with Gasteiger partial charge in [0.1, 0.15) is 5.75 Å². The molecule has 2 fully saturated rings. The van der Waals surface area contributed by atoms with E-state index in [1.54, 1.807) is 0 Å². The molecule has 1 atom stereocenters. The zero-order valence-corrected chi connectivity index (χ0v) is 18.6. The normalized spacial score (nSPS) is 19.5. The summed E-state index contributed by atoms with van der Waals surface area (Å²) in [6.45, 7) is 4.13. The summed E-state index contributed by atoms with van der Waals surface area (Å²) in [6, 6.07) is 19.0. The van der Waals surface area contributed by atoms with Gasteiger partial charge in [0.2, 0.25) is 5.91 Å². The quantitative estimate of drug-likeness (QED) is 0.610. The molecule has 2 aliphatic rings. The van der Waals surface area contributed by atoms with Crippen LogP contribution >= 0.6 is 0 Å². The fraction of sp³-hybridized carbons (Fsp3) is 0.519. The molecule has 0 aromatic heterocycles. The van der Waals surface area contributed by atoms with Crippen molar-refractivity contribution >= 4 is 5.91 Å². The number of rotatable bonds is 10. The van der Waals surface area contributed by atoms with Crippen LogP contribution in [0.15, 0.2) is 54.6 Å². The van der Waals surface area contributed by atoms with Crippen LogP contribution < -0.4 is 10.1 Å². The summed E-state index contributed by atoms with van der Waals surface area (Å²) < 4.78 is 6.09. The third-order valence-electron chi connectivity index (χ3n) is 6.66. The van der Waals surface area contributed by atoms with Crippen LogP contribution in [0.5, 0.6) is 5.75 Å². The van der Waals surface area contributed by atoms with Crippen molar-refractivity contribution in [1.29, 1.82) is 0 Å². The monoisotopic (exact) mass is 420 g/mol. The molecule has 0 radical (unpaired) electrons. The van der Waals surface area contributed by atoms with Gasteiger partial charge in [-0.1, -0.05) is 42.5 Å². The van der Waals surface area contributed by atoms with Gasteiger partial charge in [-0.15, -0.1) is 0 Å². The Morgan fingerprint density at radius 1 is 0.968 bits per heavy atom. The molecule has 1 unspecified atom stereocenters. The summed E-state index contributed by atoms with van der Waals surface area (Å²) in [6.07, 6.45) is 8.83. The second kappa shape index (κ2) is 11.3. The van der Waals surface area contributed by atoms with Crippen LogP contribution in [0.1, 0.15) is 49.7 Å². The van der Waals surface area contributed by atoms with Crippen molar-refractivity contribution in [3.05, 3.63) is 65.7 Å². The fourth-order valence-electron chi connectivity index (χ4n) is 4.79. The summed E-state index contributed by atoms with van der Waals surface area (Å²) >= 11 is 0. The van der Waals surface area contributed by atoms with Crippen LogP contribution in [-0.2, 0) is 17.6 Å². The van der Waals surface area contributed by atoms with Gasteiger partial charge in [0.05, 0.1) is 6.10 Å². The predicted molar refractivity (Wildman–Crippen MR) is 125 cm³/mol. The van der Waals surface area contributed by atoms with Gasteiger partial charge in [0, 0.05) is 26.1 Å². The molecular formula is C27H36N2O2. The van der Waals surface area contributed by atoms with Gasteiger partial charge in [-0.05, 0) is 80.7 Å². The van der Waals surface area contributed by atoms with Gasteiger partial charge in [-0.25, -0.2) is 0 Å². The highest BCUT2D eigenvalue weighted by atomic mass is 16.5. The van der Waals surface area contributed by atoms with Crippen LogP contribution in [0.2, 0.25) is 0 Å². The molecular weight excluding hydrogens is 384 g/mol. The summed E-state index contributed by atoms with van der Waals surface area (Å²) in [5, 5.41) is 3.17. The zero-order valence-electron chi connectivity index (χ0n) is 18.6. The van der Waals surface area contributed by atoms with Crippen molar-refractivity contribution in [2.75, 3.05) is 26.2 Å². The first-order chi connectivity index (χ1) is 15.2. The first-order valence-corrected chi connectivity index (χ1v) is 12.0. The van der Waals surface area contributed by atoms with Gasteiger partial charge in [-0.2, -0.15) is 0 Å². The highest BCUT2D eigenvalue weighted by Gasteiger charge is 2.22. The topological polar surface area (TPSA) is 41.6 Å². The second-order valence-corrected chi connectivity index (χ2v) is 9.17. The van der Waals surface area contributed by atoms with Crippen molar-refractivity contribution in [3.8, 4) is 5.75 Å². The molecule has 0 bridgehead atoms.